The van der Waals surface area contributed by atoms with Crippen molar-refractivity contribution in [3.05, 3.63) is 76.9 Å². The number of nitrogens with one attached hydrogen (secondary N) is 1. The van der Waals surface area contributed by atoms with Gasteiger partial charge in [0.15, 0.2) is 5.69 Å². The molecule has 0 unspecified atom stereocenters. The van der Waals surface area contributed by atoms with E-state index >= 15 is 0 Å². The first kappa shape index (κ1) is 22.2. The van der Waals surface area contributed by atoms with Crippen molar-refractivity contribution >= 4 is 11.8 Å². The smallest absolute Gasteiger partial charge is 0.276 e. The van der Waals surface area contributed by atoms with E-state index < -0.39 is 0 Å². The van der Waals surface area contributed by atoms with Gasteiger partial charge in [0.2, 0.25) is 5.91 Å². The van der Waals surface area contributed by atoms with Gasteiger partial charge in [-0.25, -0.2) is 4.68 Å². The number of pyridine rings is 1. The van der Waals surface area contributed by atoms with Crippen molar-refractivity contribution in [3.63, 3.8) is 0 Å². The Morgan fingerprint density at radius 1 is 1.09 bits per heavy atom. The third kappa shape index (κ3) is 4.70. The van der Waals surface area contributed by atoms with E-state index in [0.717, 1.165) is 11.1 Å². The van der Waals surface area contributed by atoms with E-state index in [1.807, 2.05) is 12.1 Å². The van der Waals surface area contributed by atoms with Crippen LogP contribution < -0.4 is 5.32 Å². The minimum Gasteiger partial charge on any atom is -0.365 e. The third-order valence-corrected chi connectivity index (χ3v) is 6.62. The van der Waals surface area contributed by atoms with Crippen molar-refractivity contribution in [2.45, 2.75) is 45.6 Å². The zero-order chi connectivity index (χ0) is 23.5. The molecule has 0 radical (unpaired) electrons. The molecule has 9 nitrogen and oxygen atoms in total. The fourth-order valence-corrected chi connectivity index (χ4v) is 4.49. The minimum absolute atomic E-state index is 0.0282. The summed E-state index contributed by atoms with van der Waals surface area (Å²) in [4.78, 5) is 31.5. The van der Waals surface area contributed by atoms with Crippen LogP contribution in [0.1, 0.15) is 51.8 Å². The summed E-state index contributed by atoms with van der Waals surface area (Å²) in [5.74, 6) is -0.215. The Labute approximate surface area is 198 Å². The van der Waals surface area contributed by atoms with Gasteiger partial charge in [0.25, 0.3) is 5.91 Å². The molecule has 0 aliphatic carbocycles. The molecule has 1 fully saturated rings. The van der Waals surface area contributed by atoms with Crippen molar-refractivity contribution in [1.29, 1.82) is 0 Å². The number of aryl methyl sites for hydroxylation is 1. The average molecular weight is 461 g/mol. The molecule has 1 aromatic carbocycles. The molecule has 2 aliphatic heterocycles. The molecule has 3 aromatic rings. The molecule has 1 saturated heterocycles. The van der Waals surface area contributed by atoms with Crippen molar-refractivity contribution in [2.24, 2.45) is 5.92 Å². The lowest BCUT2D eigenvalue weighted by atomic mass is 9.95. The fraction of sp³-hybridized carbons (Fsp3) is 0.400. The maximum atomic E-state index is 13.2. The maximum absolute atomic E-state index is 13.2. The fourth-order valence-electron chi connectivity index (χ4n) is 4.49. The zero-order valence-electron chi connectivity index (χ0n) is 19.2. The van der Waals surface area contributed by atoms with E-state index in [0.29, 0.717) is 57.0 Å². The standard InChI is InChI=1S/C25H28N6O3/c1-17-2-4-19(5-3-17)22-15-31-21(16-34-22)23(28-29-31)25(33)30-12-8-20(9-13-30)24(32)27-14-18-6-10-26-11-7-18/h2-7,10-11,20,22H,8-9,12-16H2,1H3,(H,27,32)/t22-/m0/s1. The van der Waals surface area contributed by atoms with Crippen LogP contribution in [0, 0.1) is 12.8 Å². The van der Waals surface area contributed by atoms with Crippen molar-refractivity contribution in [1.82, 2.24) is 30.2 Å². The van der Waals surface area contributed by atoms with Crippen LogP contribution in [-0.4, -0.2) is 49.8 Å². The molecule has 2 aromatic heterocycles. The quantitative estimate of drug-likeness (QED) is 0.627. The lowest BCUT2D eigenvalue weighted by Crippen LogP contribution is -2.43. The van der Waals surface area contributed by atoms with Gasteiger partial charge in [0.1, 0.15) is 6.10 Å². The highest BCUT2D eigenvalue weighted by molar-refractivity contribution is 5.93. The molecular formula is C25H28N6O3. The second-order valence-electron chi connectivity index (χ2n) is 8.92. The lowest BCUT2D eigenvalue weighted by Gasteiger charge is -2.31. The molecule has 2 aliphatic rings. The Balaban J connectivity index is 1.16. The molecule has 0 spiro atoms. The molecule has 4 heterocycles. The number of piperidine rings is 1. The summed E-state index contributed by atoms with van der Waals surface area (Å²) in [7, 11) is 0. The number of aromatic nitrogens is 4. The van der Waals surface area contributed by atoms with Crippen LogP contribution in [0.25, 0.3) is 0 Å². The normalized spacial score (nSPS) is 18.4. The van der Waals surface area contributed by atoms with Gasteiger partial charge in [0, 0.05) is 37.9 Å². The van der Waals surface area contributed by atoms with Gasteiger partial charge in [-0.3, -0.25) is 14.6 Å². The van der Waals surface area contributed by atoms with Gasteiger partial charge in [0.05, 0.1) is 18.8 Å². The number of hydrogen-bond donors (Lipinski definition) is 1. The summed E-state index contributed by atoms with van der Waals surface area (Å²) in [6, 6.07) is 12.0. The number of rotatable bonds is 5. The molecule has 2 amide bonds. The summed E-state index contributed by atoms with van der Waals surface area (Å²) in [5.41, 5.74) is 4.36. The molecule has 0 saturated carbocycles. The van der Waals surface area contributed by atoms with Crippen LogP contribution in [0.5, 0.6) is 0 Å². The number of carbonyl (C=O) groups is 2. The number of amides is 2. The number of likely N-dealkylation sites (tertiary alicyclic amines) is 1. The largest absolute Gasteiger partial charge is 0.365 e. The molecule has 9 heteroatoms. The summed E-state index contributed by atoms with van der Waals surface area (Å²) < 4.78 is 7.83. The van der Waals surface area contributed by atoms with Gasteiger partial charge in [-0.1, -0.05) is 35.0 Å². The molecule has 176 valence electrons. The van der Waals surface area contributed by atoms with E-state index in [1.165, 1.54) is 5.56 Å². The Morgan fingerprint density at radius 3 is 2.56 bits per heavy atom. The highest BCUT2D eigenvalue weighted by Gasteiger charge is 2.33. The van der Waals surface area contributed by atoms with Crippen LogP contribution in [0.15, 0.2) is 48.8 Å². The Bertz CT molecular complexity index is 1150. The second kappa shape index (κ2) is 9.72. The topological polar surface area (TPSA) is 102 Å². The van der Waals surface area contributed by atoms with Gasteiger partial charge in [-0.05, 0) is 43.0 Å². The number of benzene rings is 1. The zero-order valence-corrected chi connectivity index (χ0v) is 19.2. The second-order valence-corrected chi connectivity index (χ2v) is 8.92. The molecule has 1 N–H and O–H groups in total. The Hall–Kier alpha value is -3.59. The van der Waals surface area contributed by atoms with E-state index in [9.17, 15) is 9.59 Å². The first-order valence-electron chi connectivity index (χ1n) is 11.6. The summed E-state index contributed by atoms with van der Waals surface area (Å²) >= 11 is 0. The van der Waals surface area contributed by atoms with Crippen LogP contribution in [-0.2, 0) is 29.2 Å². The Morgan fingerprint density at radius 2 is 1.82 bits per heavy atom. The summed E-state index contributed by atoms with van der Waals surface area (Å²) in [5, 5.41) is 11.4. The van der Waals surface area contributed by atoms with Gasteiger partial charge in [-0.15, -0.1) is 5.10 Å². The molecule has 0 bridgehead atoms. The monoisotopic (exact) mass is 460 g/mol. The molecule has 5 rings (SSSR count). The molecule has 34 heavy (non-hydrogen) atoms. The molecular weight excluding hydrogens is 432 g/mol. The average Bonchev–Trinajstić information content (AvgIpc) is 3.31. The van der Waals surface area contributed by atoms with Crippen molar-refractivity contribution in [2.75, 3.05) is 13.1 Å². The SMILES string of the molecule is Cc1ccc([C@@H]2Cn3nnc(C(=O)N4CCC(C(=O)NCc5ccncc5)CC4)c3CO2)cc1. The van der Waals surface area contributed by atoms with Gasteiger partial charge >= 0.3 is 0 Å². The van der Waals surface area contributed by atoms with Crippen LogP contribution in [0.3, 0.4) is 0 Å². The van der Waals surface area contributed by atoms with Gasteiger partial charge in [-0.2, -0.15) is 0 Å². The first-order valence-corrected chi connectivity index (χ1v) is 11.6. The first-order chi connectivity index (χ1) is 16.6. The third-order valence-electron chi connectivity index (χ3n) is 6.62. The lowest BCUT2D eigenvalue weighted by molar-refractivity contribution is -0.126. The number of nitrogens with zero attached hydrogens (tertiary/aromatic N) is 5. The number of ether oxygens (including phenoxy) is 1. The van der Waals surface area contributed by atoms with E-state index in [4.69, 9.17) is 4.74 Å². The van der Waals surface area contributed by atoms with Gasteiger partial charge < -0.3 is 15.0 Å². The van der Waals surface area contributed by atoms with E-state index in [-0.39, 0.29) is 23.8 Å². The number of fused-ring (bicyclic) bond motifs is 1. The predicted octanol–water partition coefficient (Wildman–Crippen LogP) is 2.42. The van der Waals surface area contributed by atoms with E-state index in [2.05, 4.69) is 51.8 Å². The number of hydrogen-bond acceptors (Lipinski definition) is 6. The number of carbonyl (C=O) groups excluding carboxylic acids is 2. The van der Waals surface area contributed by atoms with Crippen molar-refractivity contribution < 1.29 is 14.3 Å². The van der Waals surface area contributed by atoms with Crippen LogP contribution >= 0.6 is 0 Å². The minimum atomic E-state index is -0.144. The van der Waals surface area contributed by atoms with Crippen LogP contribution in [0.4, 0.5) is 0 Å². The highest BCUT2D eigenvalue weighted by Crippen LogP contribution is 2.28. The molecule has 1 atom stereocenters. The van der Waals surface area contributed by atoms with Crippen LogP contribution in [0.2, 0.25) is 0 Å². The maximum Gasteiger partial charge on any atom is 0.276 e. The highest BCUT2D eigenvalue weighted by atomic mass is 16.5. The van der Waals surface area contributed by atoms with Crippen molar-refractivity contribution in [3.8, 4) is 0 Å². The predicted molar refractivity (Wildman–Crippen MR) is 123 cm³/mol. The van der Waals surface area contributed by atoms with E-state index in [1.54, 1.807) is 22.0 Å². The summed E-state index contributed by atoms with van der Waals surface area (Å²) in [6.07, 6.45) is 4.57. The summed E-state index contributed by atoms with van der Waals surface area (Å²) in [6.45, 7) is 4.39. The Kier molecular flexibility index (Phi) is 6.35.